The van der Waals surface area contributed by atoms with Crippen molar-refractivity contribution in [3.63, 3.8) is 0 Å². The fourth-order valence-corrected chi connectivity index (χ4v) is 2.85. The molecule has 3 nitrogen and oxygen atoms in total. The minimum absolute atomic E-state index is 0.647. The van der Waals surface area contributed by atoms with Crippen LogP contribution in [0.25, 0.3) is 0 Å². The van der Waals surface area contributed by atoms with E-state index in [0.29, 0.717) is 5.92 Å². The zero-order valence-corrected chi connectivity index (χ0v) is 13.6. The Hall–Kier alpha value is -0.540. The molecule has 0 saturated heterocycles. The molecule has 1 aromatic heterocycles. The van der Waals surface area contributed by atoms with Crippen molar-refractivity contribution in [2.24, 2.45) is 13.0 Å². The summed E-state index contributed by atoms with van der Waals surface area (Å²) in [6.07, 6.45) is 5.56. The van der Waals surface area contributed by atoms with Gasteiger partial charge in [-0.25, -0.2) is 0 Å². The average molecular weight is 286 g/mol. The molecule has 0 amide bonds. The van der Waals surface area contributed by atoms with Crippen molar-refractivity contribution in [3.8, 4) is 0 Å². The second-order valence-electron chi connectivity index (χ2n) is 5.25. The van der Waals surface area contributed by atoms with Gasteiger partial charge in [-0.05, 0) is 44.7 Å². The van der Waals surface area contributed by atoms with E-state index in [1.165, 1.54) is 25.0 Å². The van der Waals surface area contributed by atoms with Crippen LogP contribution in [0.4, 0.5) is 0 Å². The molecule has 0 aliphatic heterocycles. The van der Waals surface area contributed by atoms with E-state index >= 15 is 0 Å². The van der Waals surface area contributed by atoms with Crippen LogP contribution >= 0.6 is 11.6 Å². The van der Waals surface area contributed by atoms with Gasteiger partial charge < -0.3 is 5.32 Å². The number of halogens is 1. The van der Waals surface area contributed by atoms with Crippen molar-refractivity contribution in [1.29, 1.82) is 0 Å². The monoisotopic (exact) mass is 285 g/mol. The van der Waals surface area contributed by atoms with Crippen molar-refractivity contribution in [2.75, 3.05) is 13.1 Å². The van der Waals surface area contributed by atoms with Gasteiger partial charge in [0.2, 0.25) is 0 Å². The van der Waals surface area contributed by atoms with Crippen molar-refractivity contribution >= 4 is 11.6 Å². The molecule has 110 valence electrons. The zero-order chi connectivity index (χ0) is 14.3. The van der Waals surface area contributed by atoms with Crippen LogP contribution in [0.3, 0.4) is 0 Å². The Labute approximate surface area is 122 Å². The van der Waals surface area contributed by atoms with Crippen molar-refractivity contribution < 1.29 is 0 Å². The minimum Gasteiger partial charge on any atom is -0.316 e. The highest BCUT2D eigenvalue weighted by molar-refractivity contribution is 6.31. The van der Waals surface area contributed by atoms with E-state index in [1.807, 2.05) is 11.7 Å². The lowest BCUT2D eigenvalue weighted by molar-refractivity contribution is 0.428. The molecule has 1 rings (SSSR count). The molecule has 1 heterocycles. The van der Waals surface area contributed by atoms with Crippen LogP contribution in [-0.4, -0.2) is 22.9 Å². The molecule has 1 unspecified atom stereocenters. The van der Waals surface area contributed by atoms with E-state index in [0.717, 1.165) is 36.6 Å². The maximum atomic E-state index is 6.43. The van der Waals surface area contributed by atoms with E-state index in [2.05, 4.69) is 31.2 Å². The van der Waals surface area contributed by atoms with Crippen LogP contribution in [-0.2, 0) is 19.9 Å². The first-order valence-corrected chi connectivity index (χ1v) is 7.92. The molecular formula is C15H28ClN3. The van der Waals surface area contributed by atoms with Gasteiger partial charge in [-0.15, -0.1) is 0 Å². The van der Waals surface area contributed by atoms with E-state index in [4.69, 9.17) is 11.6 Å². The number of rotatable bonds is 9. The summed E-state index contributed by atoms with van der Waals surface area (Å²) in [5, 5.41) is 8.91. The number of hydrogen-bond acceptors (Lipinski definition) is 2. The van der Waals surface area contributed by atoms with Gasteiger partial charge in [0.15, 0.2) is 0 Å². The van der Waals surface area contributed by atoms with Crippen molar-refractivity contribution in [3.05, 3.63) is 16.4 Å². The molecule has 0 radical (unpaired) electrons. The van der Waals surface area contributed by atoms with E-state index in [9.17, 15) is 0 Å². The maximum Gasteiger partial charge on any atom is 0.0849 e. The molecule has 0 aliphatic rings. The van der Waals surface area contributed by atoms with Crippen molar-refractivity contribution in [1.82, 2.24) is 15.1 Å². The summed E-state index contributed by atoms with van der Waals surface area (Å²) >= 11 is 6.43. The SMILES string of the molecule is CCCNCC(CCC)Cc1c(Cl)c(CC)nn1C. The number of hydrogen-bond donors (Lipinski definition) is 1. The summed E-state index contributed by atoms with van der Waals surface area (Å²) in [5.41, 5.74) is 2.21. The molecule has 1 N–H and O–H groups in total. The molecule has 1 atom stereocenters. The third kappa shape index (κ3) is 4.81. The standard InChI is InChI=1S/C15H28ClN3/c1-5-8-12(11-17-9-6-2)10-14-15(16)13(7-3)18-19(14)4/h12,17H,5-11H2,1-4H3. The Morgan fingerprint density at radius 2 is 2.00 bits per heavy atom. The second-order valence-corrected chi connectivity index (χ2v) is 5.63. The first-order chi connectivity index (χ1) is 9.13. The second kappa shape index (κ2) is 8.60. The van der Waals surface area contributed by atoms with Gasteiger partial charge in [-0.2, -0.15) is 5.10 Å². The van der Waals surface area contributed by atoms with E-state index < -0.39 is 0 Å². The fraction of sp³-hybridized carbons (Fsp3) is 0.800. The van der Waals surface area contributed by atoms with Gasteiger partial charge >= 0.3 is 0 Å². The van der Waals surface area contributed by atoms with Gasteiger partial charge in [-0.3, -0.25) is 4.68 Å². The summed E-state index contributed by atoms with van der Waals surface area (Å²) in [6, 6.07) is 0. The first kappa shape index (κ1) is 16.5. The normalized spacial score (nSPS) is 12.9. The highest BCUT2D eigenvalue weighted by Gasteiger charge is 2.17. The Bertz CT molecular complexity index is 374. The third-order valence-corrected chi connectivity index (χ3v) is 3.98. The average Bonchev–Trinajstić information content (AvgIpc) is 2.66. The largest absolute Gasteiger partial charge is 0.316 e. The van der Waals surface area contributed by atoms with Crippen LogP contribution in [0.15, 0.2) is 0 Å². The Balaban J connectivity index is 2.69. The molecule has 0 bridgehead atoms. The molecule has 0 saturated carbocycles. The number of nitrogens with zero attached hydrogens (tertiary/aromatic N) is 2. The summed E-state index contributed by atoms with van der Waals surface area (Å²) < 4.78 is 1.96. The number of nitrogens with one attached hydrogen (secondary N) is 1. The van der Waals surface area contributed by atoms with E-state index in [-0.39, 0.29) is 0 Å². The predicted octanol–water partition coefficient (Wildman–Crippen LogP) is 3.59. The molecule has 4 heteroatoms. The Kier molecular flexibility index (Phi) is 7.47. The fourth-order valence-electron chi connectivity index (χ4n) is 2.48. The van der Waals surface area contributed by atoms with E-state index in [1.54, 1.807) is 0 Å². The topological polar surface area (TPSA) is 29.9 Å². The molecule has 19 heavy (non-hydrogen) atoms. The Morgan fingerprint density at radius 1 is 1.26 bits per heavy atom. The highest BCUT2D eigenvalue weighted by Crippen LogP contribution is 2.24. The van der Waals surface area contributed by atoms with Crippen LogP contribution in [0.1, 0.15) is 51.4 Å². The molecule has 0 aromatic carbocycles. The molecular weight excluding hydrogens is 258 g/mol. The van der Waals surface area contributed by atoms with Gasteiger partial charge in [0.25, 0.3) is 0 Å². The van der Waals surface area contributed by atoms with Crippen LogP contribution < -0.4 is 5.32 Å². The van der Waals surface area contributed by atoms with Gasteiger partial charge in [-0.1, -0.05) is 38.8 Å². The lowest BCUT2D eigenvalue weighted by Gasteiger charge is -2.17. The quantitative estimate of drug-likeness (QED) is 0.703. The highest BCUT2D eigenvalue weighted by atomic mass is 35.5. The predicted molar refractivity (Wildman–Crippen MR) is 82.9 cm³/mol. The molecule has 0 aliphatic carbocycles. The first-order valence-electron chi connectivity index (χ1n) is 7.54. The summed E-state index contributed by atoms with van der Waals surface area (Å²) in [6.45, 7) is 8.72. The number of aromatic nitrogens is 2. The smallest absolute Gasteiger partial charge is 0.0849 e. The van der Waals surface area contributed by atoms with Crippen LogP contribution in [0, 0.1) is 5.92 Å². The minimum atomic E-state index is 0.647. The van der Waals surface area contributed by atoms with Gasteiger partial charge in [0, 0.05) is 7.05 Å². The summed E-state index contributed by atoms with van der Waals surface area (Å²) in [7, 11) is 2.00. The molecule has 0 fully saturated rings. The van der Waals surface area contributed by atoms with Gasteiger partial charge in [0.1, 0.15) is 0 Å². The summed E-state index contributed by atoms with van der Waals surface area (Å²) in [4.78, 5) is 0. The number of aryl methyl sites for hydroxylation is 2. The maximum absolute atomic E-state index is 6.43. The zero-order valence-electron chi connectivity index (χ0n) is 12.8. The van der Waals surface area contributed by atoms with Crippen LogP contribution in [0.5, 0.6) is 0 Å². The molecule has 0 spiro atoms. The Morgan fingerprint density at radius 3 is 2.53 bits per heavy atom. The lowest BCUT2D eigenvalue weighted by Crippen LogP contribution is -2.25. The van der Waals surface area contributed by atoms with Crippen LogP contribution in [0.2, 0.25) is 5.02 Å². The molecule has 1 aromatic rings. The summed E-state index contributed by atoms with van der Waals surface area (Å²) in [5.74, 6) is 0.647. The van der Waals surface area contributed by atoms with Crippen molar-refractivity contribution in [2.45, 2.75) is 52.9 Å². The van der Waals surface area contributed by atoms with Gasteiger partial charge in [0.05, 0.1) is 16.4 Å². The third-order valence-electron chi connectivity index (χ3n) is 3.54. The lowest BCUT2D eigenvalue weighted by atomic mass is 9.97.